The molecule has 0 unspecified atom stereocenters. The molecule has 4 nitrogen and oxygen atoms in total. The zero-order chi connectivity index (χ0) is 12.3. The van der Waals surface area contributed by atoms with Crippen LogP contribution in [0.5, 0.6) is 5.75 Å². The molecule has 1 aromatic carbocycles. The van der Waals surface area contributed by atoms with Crippen LogP contribution < -0.4 is 16.2 Å². The molecule has 0 atom stereocenters. The van der Waals surface area contributed by atoms with Gasteiger partial charge in [-0.2, -0.15) is 0 Å². The van der Waals surface area contributed by atoms with E-state index >= 15 is 0 Å². The van der Waals surface area contributed by atoms with Crippen molar-refractivity contribution in [3.63, 3.8) is 0 Å². The van der Waals surface area contributed by atoms with Gasteiger partial charge in [-0.25, -0.2) is 0 Å². The minimum Gasteiger partial charge on any atom is -0.497 e. The lowest BCUT2D eigenvalue weighted by Gasteiger charge is -2.10. The molecule has 4 heteroatoms. The molecule has 0 spiro atoms. The van der Waals surface area contributed by atoms with Crippen LogP contribution in [-0.2, 0) is 6.42 Å². The van der Waals surface area contributed by atoms with Crippen LogP contribution in [0.1, 0.15) is 11.3 Å². The SMILES string of the molecule is COc1cc(N)c(N)c(Cc2ccccn2)c1. The summed E-state index contributed by atoms with van der Waals surface area (Å²) in [4.78, 5) is 4.26. The molecule has 88 valence electrons. The maximum atomic E-state index is 5.95. The highest BCUT2D eigenvalue weighted by atomic mass is 16.5. The summed E-state index contributed by atoms with van der Waals surface area (Å²) in [6.45, 7) is 0. The van der Waals surface area contributed by atoms with E-state index in [9.17, 15) is 0 Å². The molecule has 0 saturated carbocycles. The molecule has 2 rings (SSSR count). The normalized spacial score (nSPS) is 10.2. The standard InChI is InChI=1S/C13H15N3O/c1-17-11-7-9(13(15)12(14)8-11)6-10-4-2-3-5-16-10/h2-5,7-8H,6,14-15H2,1H3. The van der Waals surface area contributed by atoms with Gasteiger partial charge in [0.15, 0.2) is 0 Å². The molecule has 1 heterocycles. The van der Waals surface area contributed by atoms with Crippen molar-refractivity contribution in [2.24, 2.45) is 0 Å². The van der Waals surface area contributed by atoms with Crippen LogP contribution in [0.2, 0.25) is 0 Å². The molecule has 17 heavy (non-hydrogen) atoms. The first-order chi connectivity index (χ1) is 8.20. The van der Waals surface area contributed by atoms with E-state index < -0.39 is 0 Å². The average Bonchev–Trinajstić information content (AvgIpc) is 2.36. The van der Waals surface area contributed by atoms with Crippen LogP contribution in [0.25, 0.3) is 0 Å². The maximum absolute atomic E-state index is 5.95. The fourth-order valence-electron chi connectivity index (χ4n) is 1.67. The summed E-state index contributed by atoms with van der Waals surface area (Å²) in [5.41, 5.74) is 14.8. The van der Waals surface area contributed by atoms with E-state index in [1.165, 1.54) is 0 Å². The number of benzene rings is 1. The Kier molecular flexibility index (Phi) is 3.14. The molecule has 4 N–H and O–H groups in total. The molecule has 0 fully saturated rings. The highest BCUT2D eigenvalue weighted by Gasteiger charge is 2.07. The van der Waals surface area contributed by atoms with Gasteiger partial charge in [-0.1, -0.05) is 6.07 Å². The fourth-order valence-corrected chi connectivity index (χ4v) is 1.67. The first-order valence-corrected chi connectivity index (χ1v) is 5.32. The predicted octanol–water partition coefficient (Wildman–Crippen LogP) is 1.85. The summed E-state index contributed by atoms with van der Waals surface area (Å²) in [6, 6.07) is 9.39. The summed E-state index contributed by atoms with van der Waals surface area (Å²) in [5.74, 6) is 0.711. The molecule has 1 aromatic heterocycles. The number of aromatic nitrogens is 1. The molecule has 0 amide bonds. The Labute approximate surface area is 100 Å². The van der Waals surface area contributed by atoms with Crippen LogP contribution in [0.3, 0.4) is 0 Å². The van der Waals surface area contributed by atoms with Gasteiger partial charge < -0.3 is 16.2 Å². The molecular formula is C13H15N3O. The Morgan fingerprint density at radius 3 is 2.71 bits per heavy atom. The number of ether oxygens (including phenoxy) is 1. The number of hydrogen-bond acceptors (Lipinski definition) is 4. The van der Waals surface area contributed by atoms with Crippen molar-refractivity contribution >= 4 is 11.4 Å². The van der Waals surface area contributed by atoms with Gasteiger partial charge >= 0.3 is 0 Å². The zero-order valence-corrected chi connectivity index (χ0v) is 9.68. The van der Waals surface area contributed by atoms with Crippen LogP contribution in [0, 0.1) is 0 Å². The molecule has 2 aromatic rings. The zero-order valence-electron chi connectivity index (χ0n) is 9.68. The Hall–Kier alpha value is -2.23. The number of nitrogen functional groups attached to an aromatic ring is 2. The summed E-state index contributed by atoms with van der Waals surface area (Å²) in [6.07, 6.45) is 2.41. The van der Waals surface area contributed by atoms with Crippen LogP contribution in [0.4, 0.5) is 11.4 Å². The number of methoxy groups -OCH3 is 1. The number of pyridine rings is 1. The van der Waals surface area contributed by atoms with Crippen molar-refractivity contribution in [1.82, 2.24) is 4.98 Å². The van der Waals surface area contributed by atoms with Gasteiger partial charge in [0, 0.05) is 24.4 Å². The van der Waals surface area contributed by atoms with Crippen LogP contribution >= 0.6 is 0 Å². The molecule has 0 radical (unpaired) electrons. The number of nitrogens with zero attached hydrogens (tertiary/aromatic N) is 1. The third-order valence-corrected chi connectivity index (χ3v) is 2.60. The quantitative estimate of drug-likeness (QED) is 0.788. The van der Waals surface area contributed by atoms with Gasteiger partial charge in [-0.05, 0) is 23.8 Å². The number of nitrogens with two attached hydrogens (primary N) is 2. The first-order valence-electron chi connectivity index (χ1n) is 5.32. The summed E-state index contributed by atoms with van der Waals surface area (Å²) in [5, 5.41) is 0. The summed E-state index contributed by atoms with van der Waals surface area (Å²) in [7, 11) is 1.61. The number of rotatable bonds is 3. The minimum atomic E-state index is 0.537. The first kappa shape index (κ1) is 11.3. The van der Waals surface area contributed by atoms with Gasteiger partial charge in [0.25, 0.3) is 0 Å². The van der Waals surface area contributed by atoms with E-state index in [-0.39, 0.29) is 0 Å². The predicted molar refractivity (Wildman–Crippen MR) is 68.9 cm³/mol. The van der Waals surface area contributed by atoms with Gasteiger partial charge in [0.1, 0.15) is 5.75 Å². The Morgan fingerprint density at radius 1 is 1.24 bits per heavy atom. The molecule has 0 saturated heterocycles. The number of hydrogen-bond donors (Lipinski definition) is 2. The topological polar surface area (TPSA) is 74.2 Å². The van der Waals surface area contributed by atoms with Crippen molar-refractivity contribution in [2.75, 3.05) is 18.6 Å². The van der Waals surface area contributed by atoms with Crippen molar-refractivity contribution < 1.29 is 4.74 Å². The molecule has 0 aliphatic rings. The third-order valence-electron chi connectivity index (χ3n) is 2.60. The van der Waals surface area contributed by atoms with E-state index in [4.69, 9.17) is 16.2 Å². The highest BCUT2D eigenvalue weighted by Crippen LogP contribution is 2.28. The van der Waals surface area contributed by atoms with Crippen molar-refractivity contribution in [3.8, 4) is 5.75 Å². The van der Waals surface area contributed by atoms with Gasteiger partial charge in [0.2, 0.25) is 0 Å². The van der Waals surface area contributed by atoms with E-state index in [0.717, 1.165) is 11.3 Å². The molecule has 0 aliphatic carbocycles. The second-order valence-corrected chi connectivity index (χ2v) is 3.79. The Bertz CT molecular complexity index is 512. The summed E-state index contributed by atoms with van der Waals surface area (Å²) < 4.78 is 5.17. The largest absolute Gasteiger partial charge is 0.497 e. The van der Waals surface area contributed by atoms with Crippen LogP contribution in [-0.4, -0.2) is 12.1 Å². The van der Waals surface area contributed by atoms with Crippen molar-refractivity contribution in [1.29, 1.82) is 0 Å². The molecular weight excluding hydrogens is 214 g/mol. The van der Waals surface area contributed by atoms with Crippen molar-refractivity contribution in [2.45, 2.75) is 6.42 Å². The second kappa shape index (κ2) is 4.74. The fraction of sp³-hybridized carbons (Fsp3) is 0.154. The van der Waals surface area contributed by atoms with Gasteiger partial charge in [-0.3, -0.25) is 4.98 Å². The van der Waals surface area contributed by atoms with E-state index in [0.29, 0.717) is 23.5 Å². The van der Waals surface area contributed by atoms with Crippen LogP contribution in [0.15, 0.2) is 36.5 Å². The average molecular weight is 229 g/mol. The van der Waals surface area contributed by atoms with E-state index in [2.05, 4.69) is 4.98 Å². The van der Waals surface area contributed by atoms with E-state index in [1.54, 1.807) is 19.4 Å². The third kappa shape index (κ3) is 2.47. The van der Waals surface area contributed by atoms with Gasteiger partial charge in [-0.15, -0.1) is 0 Å². The minimum absolute atomic E-state index is 0.537. The summed E-state index contributed by atoms with van der Waals surface area (Å²) >= 11 is 0. The van der Waals surface area contributed by atoms with Crippen molar-refractivity contribution in [3.05, 3.63) is 47.8 Å². The Morgan fingerprint density at radius 2 is 2.06 bits per heavy atom. The highest BCUT2D eigenvalue weighted by molar-refractivity contribution is 5.70. The lowest BCUT2D eigenvalue weighted by atomic mass is 10.1. The van der Waals surface area contributed by atoms with Gasteiger partial charge in [0.05, 0.1) is 18.5 Å². The molecule has 0 bridgehead atoms. The molecule has 0 aliphatic heterocycles. The maximum Gasteiger partial charge on any atom is 0.121 e. The second-order valence-electron chi connectivity index (χ2n) is 3.79. The Balaban J connectivity index is 2.35. The smallest absolute Gasteiger partial charge is 0.121 e. The lowest BCUT2D eigenvalue weighted by Crippen LogP contribution is -2.02. The van der Waals surface area contributed by atoms with E-state index in [1.807, 2.05) is 24.3 Å². The number of anilines is 2. The lowest BCUT2D eigenvalue weighted by molar-refractivity contribution is 0.414. The monoisotopic (exact) mass is 229 g/mol.